The van der Waals surface area contributed by atoms with Crippen LogP contribution in [0.15, 0.2) is 414 Å². The average Bonchev–Trinajstić information content (AvgIpc) is 1.57. The quantitative estimate of drug-likeness (QED) is 0.131. The fourth-order valence-electron chi connectivity index (χ4n) is 19.1. The van der Waals surface area contributed by atoms with Crippen molar-refractivity contribution in [2.45, 2.75) is 0 Å². The fraction of sp³-hybridized carbons (Fsp3) is 0. The van der Waals surface area contributed by atoms with E-state index in [0.717, 1.165) is 155 Å². The summed E-state index contributed by atoms with van der Waals surface area (Å²) >= 11 is 1.78. The number of aromatic nitrogens is 8. The zero-order valence-electron chi connectivity index (χ0n) is 67.3. The summed E-state index contributed by atoms with van der Waals surface area (Å²) in [7, 11) is 0. The Balaban J connectivity index is 0.000000134. The van der Waals surface area contributed by atoms with Crippen molar-refractivity contribution in [3.63, 3.8) is 0 Å². The molecule has 19 aromatic carbocycles. The number of thiophene rings is 1. The van der Waals surface area contributed by atoms with Gasteiger partial charge < -0.3 is 22.4 Å². The lowest BCUT2D eigenvalue weighted by atomic mass is 9.97. The third-order valence-corrected chi connectivity index (χ3v) is 26.2. The lowest BCUT2D eigenvalue weighted by molar-refractivity contribution is 0.668. The summed E-state index contributed by atoms with van der Waals surface area (Å²) in [6.07, 6.45) is 0. The number of hydrogen-bond donors (Lipinski definition) is 0. The molecule has 0 N–H and O–H groups in total. The van der Waals surface area contributed by atoms with Crippen molar-refractivity contribution in [3.8, 4) is 102 Å². The first kappa shape index (κ1) is 71.0. The molecule has 0 amide bonds. The summed E-state index contributed by atoms with van der Waals surface area (Å²) in [6.45, 7) is 0. The van der Waals surface area contributed by atoms with Crippen molar-refractivity contribution < 1.29 is 13.3 Å². The van der Waals surface area contributed by atoms with Crippen molar-refractivity contribution in [2.24, 2.45) is 0 Å². The van der Waals surface area contributed by atoms with E-state index in [-0.39, 0.29) is 0 Å². The SMILES string of the molecule is c1ccc(-c2nc(-c3ccc(-c4cc(-n5c6cc7ccccc7cc6c6cc7ccccc7cc65)cc5oc6ccccc6c45)cc3)nc(-c3cccc4c3oc3ccccc34)n2)cc1.c1ccc(-c2nc(-c3ccc(-c4cc(-n5c6ccccc6c6cc7ccccc7cc65)cc5oc6ccccc6c45)cc3)nc(-c3cccc4c3sc3ccccc34)n2)cc1. The van der Waals surface area contributed by atoms with Crippen molar-refractivity contribution >= 4 is 173 Å². The van der Waals surface area contributed by atoms with Crippen molar-refractivity contribution in [1.29, 1.82) is 0 Å². The zero-order valence-corrected chi connectivity index (χ0v) is 68.1. The van der Waals surface area contributed by atoms with Gasteiger partial charge in [0, 0.05) is 114 Å². The van der Waals surface area contributed by atoms with Crippen LogP contribution < -0.4 is 0 Å². The summed E-state index contributed by atoms with van der Waals surface area (Å²) < 4.78 is 27.1. The fourth-order valence-corrected chi connectivity index (χ4v) is 20.3. The largest absolute Gasteiger partial charge is 0.456 e. The third-order valence-electron chi connectivity index (χ3n) is 25.0. The maximum absolute atomic E-state index is 6.72. The molecular weight excluding hydrogens is 1560 g/mol. The molecule has 11 nitrogen and oxygen atoms in total. The Morgan fingerprint density at radius 3 is 1.05 bits per heavy atom. The Hall–Kier alpha value is -16.8. The Morgan fingerprint density at radius 2 is 0.548 bits per heavy atom. The number of benzene rings is 19. The molecule has 0 saturated heterocycles. The van der Waals surface area contributed by atoms with Gasteiger partial charge in [0.2, 0.25) is 0 Å². The number of rotatable bonds is 10. The van der Waals surface area contributed by atoms with E-state index in [2.05, 4.69) is 319 Å². The van der Waals surface area contributed by atoms with E-state index in [1.807, 2.05) is 91.0 Å². The van der Waals surface area contributed by atoms with Gasteiger partial charge in [-0.15, -0.1) is 11.3 Å². The van der Waals surface area contributed by atoms with Gasteiger partial charge in [-0.25, -0.2) is 29.9 Å². The molecule has 586 valence electrons. The van der Waals surface area contributed by atoms with Crippen LogP contribution in [0.4, 0.5) is 0 Å². The first-order valence-corrected chi connectivity index (χ1v) is 43.1. The zero-order chi connectivity index (χ0) is 82.6. The molecule has 0 aliphatic heterocycles. The number of hydrogen-bond acceptors (Lipinski definition) is 10. The van der Waals surface area contributed by atoms with E-state index < -0.39 is 0 Å². The molecule has 27 rings (SSSR count). The lowest BCUT2D eigenvalue weighted by Gasteiger charge is -2.13. The van der Waals surface area contributed by atoms with Crippen molar-refractivity contribution in [1.82, 2.24) is 39.0 Å². The van der Waals surface area contributed by atoms with E-state index in [9.17, 15) is 0 Å². The summed E-state index contributed by atoms with van der Waals surface area (Å²) in [5.41, 5.74) is 21.3. The van der Waals surface area contributed by atoms with Gasteiger partial charge in [-0.2, -0.15) is 0 Å². The van der Waals surface area contributed by atoms with Crippen molar-refractivity contribution in [3.05, 3.63) is 400 Å². The Bertz CT molecular complexity index is 9090. The minimum Gasteiger partial charge on any atom is -0.456 e. The standard InChI is InChI=1S/C59H34N4O2.C55H32N4OS/c1-2-13-36(14-3-1)57-60-58(62-59(61-57)46-22-12-21-44-43-19-8-10-23-52(43)65-56(44)46)37-27-25-35(26-28-37)47-33-42(34-54-55(47)45-20-9-11-24-53(45)64-54)63-50-31-40-17-6-4-15-38(40)29-48(50)49-30-39-16-5-7-18-41(39)32-51(49)63;1-2-13-34(14-3-1)53-56-54(58-55(57-53)43-21-12-20-41-40-18-8-11-24-50(40)61-52(41)43)35-27-25-33(26-28-35)44-31-38(32-49-51(44)42-19-7-10-23-48(42)60-49)59-46-22-9-6-17-39(46)45-29-36-15-4-5-16-37(36)30-47(45)59/h1-34H;1-32H. The smallest absolute Gasteiger partial charge is 0.167 e. The molecule has 0 saturated carbocycles. The first-order valence-electron chi connectivity index (χ1n) is 42.3. The molecule has 0 fully saturated rings. The maximum Gasteiger partial charge on any atom is 0.167 e. The van der Waals surface area contributed by atoms with Gasteiger partial charge in [0.05, 0.1) is 39.0 Å². The van der Waals surface area contributed by atoms with E-state index in [1.54, 1.807) is 11.3 Å². The predicted molar refractivity (Wildman–Crippen MR) is 519 cm³/mol. The molecule has 0 unspecified atom stereocenters. The number of fused-ring (bicyclic) bond motifs is 21. The highest BCUT2D eigenvalue weighted by Crippen LogP contribution is 2.48. The van der Waals surface area contributed by atoms with Crippen LogP contribution in [0.1, 0.15) is 0 Å². The van der Waals surface area contributed by atoms with Crippen LogP contribution in [0.5, 0.6) is 0 Å². The molecule has 27 aromatic rings. The van der Waals surface area contributed by atoms with Crippen LogP contribution in [0.25, 0.3) is 264 Å². The predicted octanol–water partition coefficient (Wildman–Crippen LogP) is 30.8. The minimum absolute atomic E-state index is 0.550. The summed E-state index contributed by atoms with van der Waals surface area (Å²) in [6, 6.07) is 141. The second kappa shape index (κ2) is 28.4. The second-order valence-electron chi connectivity index (χ2n) is 32.3. The highest BCUT2D eigenvalue weighted by Gasteiger charge is 2.26. The summed E-state index contributed by atoms with van der Waals surface area (Å²) in [5.74, 6) is 3.64. The molecule has 8 aromatic heterocycles. The lowest BCUT2D eigenvalue weighted by Crippen LogP contribution is -2.00. The molecule has 0 aliphatic carbocycles. The average molecular weight is 1630 g/mol. The van der Waals surface area contributed by atoms with Gasteiger partial charge in [-0.3, -0.25) is 0 Å². The van der Waals surface area contributed by atoms with Crippen LogP contribution in [-0.2, 0) is 0 Å². The second-order valence-corrected chi connectivity index (χ2v) is 33.4. The number of nitrogens with zero attached hydrogens (tertiary/aromatic N) is 8. The normalized spacial score (nSPS) is 12.0. The van der Waals surface area contributed by atoms with Crippen LogP contribution >= 0.6 is 11.3 Å². The molecule has 0 aliphatic rings. The summed E-state index contributed by atoms with van der Waals surface area (Å²) in [5, 5.41) is 21.0. The van der Waals surface area contributed by atoms with Crippen LogP contribution in [0.2, 0.25) is 0 Å². The Labute approximate surface area is 722 Å². The molecule has 0 radical (unpaired) electrons. The minimum atomic E-state index is 0.550. The maximum atomic E-state index is 6.72. The Morgan fingerprint density at radius 1 is 0.198 bits per heavy atom. The van der Waals surface area contributed by atoms with Gasteiger partial charge in [-0.1, -0.05) is 297 Å². The van der Waals surface area contributed by atoms with Crippen LogP contribution in [0.3, 0.4) is 0 Å². The molecule has 126 heavy (non-hydrogen) atoms. The monoisotopic (exact) mass is 1630 g/mol. The first-order chi connectivity index (χ1) is 62.4. The molecule has 12 heteroatoms. The van der Waals surface area contributed by atoms with Crippen molar-refractivity contribution in [2.75, 3.05) is 0 Å². The number of para-hydroxylation sites is 5. The summed E-state index contributed by atoms with van der Waals surface area (Å²) in [4.78, 5) is 30.7. The van der Waals surface area contributed by atoms with E-state index in [1.165, 1.54) is 74.0 Å². The van der Waals surface area contributed by atoms with Gasteiger partial charge in [0.1, 0.15) is 33.5 Å². The van der Waals surface area contributed by atoms with Gasteiger partial charge >= 0.3 is 0 Å². The van der Waals surface area contributed by atoms with E-state index in [4.69, 9.17) is 43.2 Å². The van der Waals surface area contributed by atoms with E-state index in [0.29, 0.717) is 34.9 Å². The van der Waals surface area contributed by atoms with E-state index >= 15 is 0 Å². The molecule has 0 spiro atoms. The molecule has 0 atom stereocenters. The highest BCUT2D eigenvalue weighted by atomic mass is 32.1. The van der Waals surface area contributed by atoms with Crippen LogP contribution in [-0.4, -0.2) is 39.0 Å². The molecule has 0 bridgehead atoms. The Kier molecular flexibility index (Phi) is 16.0. The molecule has 8 heterocycles. The highest BCUT2D eigenvalue weighted by molar-refractivity contribution is 7.26. The van der Waals surface area contributed by atoms with Gasteiger partial charge in [0.25, 0.3) is 0 Å². The topological polar surface area (TPSA) is 127 Å². The van der Waals surface area contributed by atoms with Gasteiger partial charge in [-0.05, 0) is 146 Å². The van der Waals surface area contributed by atoms with Crippen LogP contribution in [0, 0.1) is 0 Å². The van der Waals surface area contributed by atoms with Gasteiger partial charge in [0.15, 0.2) is 34.9 Å². The third kappa shape index (κ3) is 11.6. The molecular formula is C114H66N8O3S. The number of furan rings is 3.